The third kappa shape index (κ3) is 3.74. The Morgan fingerprint density at radius 2 is 1.92 bits per heavy atom. The first-order valence-electron chi connectivity index (χ1n) is 8.20. The van der Waals surface area contributed by atoms with Crippen LogP contribution in [-0.4, -0.2) is 16.5 Å². The zero-order chi connectivity index (χ0) is 17.8. The number of amides is 1. The van der Waals surface area contributed by atoms with Gasteiger partial charge in [0, 0.05) is 6.54 Å². The standard InChI is InChI=1S/C19H20N2O3S/c1-3-24-15-10-8-14(9-11-15)12-20-18(22)13(2)21-19(23)16-6-4-5-7-17(16)25-21/h4-11,13H,3,12H2,1-2H3,(H,20,22)/t13-/m0/s1. The van der Waals surface area contributed by atoms with Crippen LogP contribution >= 0.6 is 11.5 Å². The van der Waals surface area contributed by atoms with E-state index in [4.69, 9.17) is 4.74 Å². The number of carbonyl (C=O) groups excluding carboxylic acids is 1. The van der Waals surface area contributed by atoms with Crippen molar-refractivity contribution in [3.63, 3.8) is 0 Å². The third-order valence-electron chi connectivity index (χ3n) is 3.95. The van der Waals surface area contributed by atoms with E-state index in [9.17, 15) is 9.59 Å². The van der Waals surface area contributed by atoms with Gasteiger partial charge in [-0.05, 0) is 43.7 Å². The molecule has 1 aromatic heterocycles. The molecule has 0 radical (unpaired) electrons. The van der Waals surface area contributed by atoms with Crippen molar-refractivity contribution in [1.82, 2.24) is 9.27 Å². The fraction of sp³-hybridized carbons (Fsp3) is 0.263. The maximum absolute atomic E-state index is 12.4. The highest BCUT2D eigenvalue weighted by atomic mass is 32.1. The molecule has 25 heavy (non-hydrogen) atoms. The number of fused-ring (bicyclic) bond motifs is 1. The lowest BCUT2D eigenvalue weighted by molar-refractivity contribution is -0.123. The Balaban J connectivity index is 1.67. The van der Waals surface area contributed by atoms with Gasteiger partial charge in [-0.25, -0.2) is 0 Å². The van der Waals surface area contributed by atoms with Gasteiger partial charge in [-0.15, -0.1) is 0 Å². The molecule has 1 amide bonds. The maximum atomic E-state index is 12.4. The minimum atomic E-state index is -0.549. The lowest BCUT2D eigenvalue weighted by atomic mass is 10.2. The van der Waals surface area contributed by atoms with E-state index in [0.717, 1.165) is 16.0 Å². The van der Waals surface area contributed by atoms with E-state index < -0.39 is 6.04 Å². The summed E-state index contributed by atoms with van der Waals surface area (Å²) in [6, 6.07) is 14.4. The number of ether oxygens (including phenoxy) is 1. The first-order chi connectivity index (χ1) is 12.1. The van der Waals surface area contributed by atoms with Crippen LogP contribution in [0.2, 0.25) is 0 Å². The van der Waals surface area contributed by atoms with Gasteiger partial charge in [0.25, 0.3) is 5.56 Å². The quantitative estimate of drug-likeness (QED) is 0.737. The minimum Gasteiger partial charge on any atom is -0.494 e. The number of nitrogens with one attached hydrogen (secondary N) is 1. The molecule has 130 valence electrons. The van der Waals surface area contributed by atoms with Crippen LogP contribution in [0, 0.1) is 0 Å². The smallest absolute Gasteiger partial charge is 0.269 e. The summed E-state index contributed by atoms with van der Waals surface area (Å²) >= 11 is 1.32. The number of aromatic nitrogens is 1. The zero-order valence-electron chi connectivity index (χ0n) is 14.2. The van der Waals surface area contributed by atoms with Crippen molar-refractivity contribution in [2.75, 3.05) is 6.61 Å². The van der Waals surface area contributed by atoms with Crippen LogP contribution in [0.25, 0.3) is 10.1 Å². The first-order valence-corrected chi connectivity index (χ1v) is 8.97. The van der Waals surface area contributed by atoms with Crippen LogP contribution in [0.4, 0.5) is 0 Å². The molecule has 3 aromatic rings. The number of hydrogen-bond donors (Lipinski definition) is 1. The molecule has 0 aliphatic carbocycles. The molecule has 0 aliphatic rings. The topological polar surface area (TPSA) is 60.3 Å². The van der Waals surface area contributed by atoms with E-state index in [-0.39, 0.29) is 11.5 Å². The van der Waals surface area contributed by atoms with Crippen LogP contribution in [0.3, 0.4) is 0 Å². The van der Waals surface area contributed by atoms with Crippen LogP contribution in [-0.2, 0) is 11.3 Å². The van der Waals surface area contributed by atoms with Gasteiger partial charge in [-0.3, -0.25) is 13.5 Å². The van der Waals surface area contributed by atoms with Crippen LogP contribution in [0.5, 0.6) is 5.75 Å². The SMILES string of the molecule is CCOc1ccc(CNC(=O)[C@H](C)n2sc3ccccc3c2=O)cc1. The summed E-state index contributed by atoms with van der Waals surface area (Å²) in [6.45, 7) is 4.71. The van der Waals surface area contributed by atoms with E-state index in [0.29, 0.717) is 18.5 Å². The molecule has 0 saturated carbocycles. The molecular weight excluding hydrogens is 336 g/mol. The molecule has 0 bridgehead atoms. The number of carbonyl (C=O) groups is 1. The van der Waals surface area contributed by atoms with Gasteiger partial charge in [-0.2, -0.15) is 0 Å². The molecule has 0 aliphatic heterocycles. The Morgan fingerprint density at radius 3 is 2.60 bits per heavy atom. The molecule has 3 rings (SSSR count). The molecule has 0 unspecified atom stereocenters. The molecule has 5 nitrogen and oxygen atoms in total. The van der Waals surface area contributed by atoms with Gasteiger partial charge >= 0.3 is 0 Å². The van der Waals surface area contributed by atoms with Crippen molar-refractivity contribution in [2.45, 2.75) is 26.4 Å². The summed E-state index contributed by atoms with van der Waals surface area (Å²) in [6.07, 6.45) is 0. The van der Waals surface area contributed by atoms with Gasteiger partial charge in [0.05, 0.1) is 16.7 Å². The van der Waals surface area contributed by atoms with Crippen molar-refractivity contribution in [1.29, 1.82) is 0 Å². The Labute approximate surface area is 150 Å². The molecular formula is C19H20N2O3S. The van der Waals surface area contributed by atoms with Crippen LogP contribution in [0.1, 0.15) is 25.5 Å². The normalized spacial score (nSPS) is 12.1. The molecule has 1 atom stereocenters. The van der Waals surface area contributed by atoms with E-state index in [1.165, 1.54) is 15.5 Å². The summed E-state index contributed by atoms with van der Waals surface area (Å²) < 4.78 is 7.81. The molecule has 0 spiro atoms. The van der Waals surface area contributed by atoms with Crippen LogP contribution < -0.4 is 15.6 Å². The summed E-state index contributed by atoms with van der Waals surface area (Å²) in [5.41, 5.74) is 0.858. The Bertz CT molecular complexity index is 928. The van der Waals surface area contributed by atoms with E-state index >= 15 is 0 Å². The minimum absolute atomic E-state index is 0.121. The summed E-state index contributed by atoms with van der Waals surface area (Å²) in [4.78, 5) is 24.9. The predicted octanol–water partition coefficient (Wildman–Crippen LogP) is 3.34. The summed E-state index contributed by atoms with van der Waals surface area (Å²) in [5, 5.41) is 3.54. The maximum Gasteiger partial charge on any atom is 0.269 e. The van der Waals surface area contributed by atoms with E-state index in [2.05, 4.69) is 5.32 Å². The van der Waals surface area contributed by atoms with Crippen LogP contribution in [0.15, 0.2) is 53.3 Å². The van der Waals surface area contributed by atoms with E-state index in [1.807, 2.05) is 49.4 Å². The predicted molar refractivity (Wildman–Crippen MR) is 100 cm³/mol. The Morgan fingerprint density at radius 1 is 1.20 bits per heavy atom. The van der Waals surface area contributed by atoms with Crippen molar-refractivity contribution in [3.05, 3.63) is 64.4 Å². The first kappa shape index (κ1) is 17.2. The van der Waals surface area contributed by atoms with Crippen molar-refractivity contribution < 1.29 is 9.53 Å². The second kappa shape index (κ2) is 7.53. The molecule has 6 heteroatoms. The van der Waals surface area contributed by atoms with Gasteiger partial charge in [0.1, 0.15) is 11.8 Å². The van der Waals surface area contributed by atoms with Gasteiger partial charge < -0.3 is 10.1 Å². The fourth-order valence-electron chi connectivity index (χ4n) is 2.56. The number of nitrogens with zero attached hydrogens (tertiary/aromatic N) is 1. The Hall–Kier alpha value is -2.60. The van der Waals surface area contributed by atoms with Gasteiger partial charge in [0.15, 0.2) is 0 Å². The summed E-state index contributed by atoms with van der Waals surface area (Å²) in [5.74, 6) is 0.630. The highest BCUT2D eigenvalue weighted by Gasteiger charge is 2.19. The number of hydrogen-bond acceptors (Lipinski definition) is 4. The summed E-state index contributed by atoms with van der Waals surface area (Å²) in [7, 11) is 0. The van der Waals surface area contributed by atoms with Crippen molar-refractivity contribution >= 4 is 27.5 Å². The monoisotopic (exact) mass is 356 g/mol. The van der Waals surface area contributed by atoms with Gasteiger partial charge in [-0.1, -0.05) is 35.8 Å². The van der Waals surface area contributed by atoms with Crippen molar-refractivity contribution in [3.8, 4) is 5.75 Å². The van der Waals surface area contributed by atoms with E-state index in [1.54, 1.807) is 13.0 Å². The highest BCUT2D eigenvalue weighted by Crippen LogP contribution is 2.19. The average molecular weight is 356 g/mol. The van der Waals surface area contributed by atoms with Gasteiger partial charge in [0.2, 0.25) is 5.91 Å². The average Bonchev–Trinajstić information content (AvgIpc) is 2.97. The molecule has 1 heterocycles. The van der Waals surface area contributed by atoms with Crippen molar-refractivity contribution in [2.24, 2.45) is 0 Å². The fourth-order valence-corrected chi connectivity index (χ4v) is 3.60. The highest BCUT2D eigenvalue weighted by molar-refractivity contribution is 7.14. The lowest BCUT2D eigenvalue weighted by Gasteiger charge is -2.12. The molecule has 0 fully saturated rings. The second-order valence-electron chi connectivity index (χ2n) is 5.69. The zero-order valence-corrected chi connectivity index (χ0v) is 15.0. The molecule has 1 N–H and O–H groups in total. The third-order valence-corrected chi connectivity index (χ3v) is 5.18. The molecule has 0 saturated heterocycles. The number of benzene rings is 2. The lowest BCUT2D eigenvalue weighted by Crippen LogP contribution is -2.33. The second-order valence-corrected chi connectivity index (χ2v) is 6.70. The molecule has 2 aromatic carbocycles. The Kier molecular flexibility index (Phi) is 5.19. The largest absolute Gasteiger partial charge is 0.494 e. The number of rotatable bonds is 6.